The molecule has 0 aliphatic carbocycles. The third-order valence-corrected chi connectivity index (χ3v) is 4.40. The summed E-state index contributed by atoms with van der Waals surface area (Å²) in [5, 5.41) is 0.646. The molecule has 1 atom stereocenters. The van der Waals surface area contributed by atoms with Crippen LogP contribution in [-0.4, -0.2) is 15.1 Å². The maximum absolute atomic E-state index is 4.44. The van der Waals surface area contributed by atoms with Gasteiger partial charge in [0.15, 0.2) is 0 Å². The lowest BCUT2D eigenvalue weighted by atomic mass is 10.1. The highest BCUT2D eigenvalue weighted by Gasteiger charge is 2.28. The number of hydrogen-bond donors (Lipinski definition) is 2. The summed E-state index contributed by atoms with van der Waals surface area (Å²) in [5.41, 5.74) is 0. The van der Waals surface area contributed by atoms with Crippen LogP contribution in [0.4, 0.5) is 0 Å². The second-order valence-corrected chi connectivity index (χ2v) is 6.47. The summed E-state index contributed by atoms with van der Waals surface area (Å²) in [6.07, 6.45) is 4.02. The summed E-state index contributed by atoms with van der Waals surface area (Å²) in [5.74, 6) is 1.29. The molecule has 0 nitrogen and oxygen atoms in total. The van der Waals surface area contributed by atoms with Crippen LogP contribution in [0.1, 0.15) is 26.2 Å². The highest BCUT2D eigenvalue weighted by atomic mass is 32.2. The normalized spacial score (nSPS) is 28.5. The zero-order valence-electron chi connectivity index (χ0n) is 6.21. The van der Waals surface area contributed by atoms with Gasteiger partial charge in [-0.25, -0.2) is 0 Å². The van der Waals surface area contributed by atoms with Crippen molar-refractivity contribution in [2.75, 3.05) is 5.75 Å². The fraction of sp³-hybridized carbons (Fsp3) is 1.00. The van der Waals surface area contributed by atoms with Crippen molar-refractivity contribution < 1.29 is 0 Å². The fourth-order valence-corrected chi connectivity index (χ4v) is 3.18. The first kappa shape index (κ1) is 9.14. The van der Waals surface area contributed by atoms with Crippen LogP contribution < -0.4 is 0 Å². The van der Waals surface area contributed by atoms with Gasteiger partial charge in [0.05, 0.1) is 4.08 Å². The molecule has 3 heteroatoms. The van der Waals surface area contributed by atoms with Gasteiger partial charge < -0.3 is 0 Å². The molecule has 1 saturated heterocycles. The van der Waals surface area contributed by atoms with E-state index in [9.17, 15) is 0 Å². The molecule has 1 unspecified atom stereocenters. The Balaban J connectivity index is 2.39. The van der Waals surface area contributed by atoms with E-state index in [2.05, 4.69) is 32.2 Å². The van der Waals surface area contributed by atoms with E-state index in [1.165, 1.54) is 25.0 Å². The number of thiol groups is 2. The van der Waals surface area contributed by atoms with Gasteiger partial charge in [0, 0.05) is 5.25 Å². The fourth-order valence-electron chi connectivity index (χ4n) is 1.17. The van der Waals surface area contributed by atoms with Crippen LogP contribution >= 0.6 is 37.0 Å². The van der Waals surface area contributed by atoms with Crippen molar-refractivity contribution in [3.05, 3.63) is 0 Å². The topological polar surface area (TPSA) is 0 Å². The molecular weight excluding hydrogens is 180 g/mol. The van der Waals surface area contributed by atoms with E-state index in [4.69, 9.17) is 0 Å². The van der Waals surface area contributed by atoms with Crippen LogP contribution in [0.15, 0.2) is 0 Å². The number of thioether (sulfide) groups is 1. The molecular formula is C7H14S3. The van der Waals surface area contributed by atoms with E-state index in [0.29, 0.717) is 5.25 Å². The van der Waals surface area contributed by atoms with E-state index in [-0.39, 0.29) is 4.08 Å². The molecule has 1 aliphatic heterocycles. The first-order valence-electron chi connectivity index (χ1n) is 3.67. The predicted molar refractivity (Wildman–Crippen MR) is 56.5 cm³/mol. The first-order valence-corrected chi connectivity index (χ1v) is 5.61. The van der Waals surface area contributed by atoms with Crippen LogP contribution in [-0.2, 0) is 0 Å². The minimum absolute atomic E-state index is 0.0783. The molecule has 1 heterocycles. The highest BCUT2D eigenvalue weighted by molar-refractivity contribution is 8.05. The first-order chi connectivity index (χ1) is 4.61. The van der Waals surface area contributed by atoms with Crippen LogP contribution in [0.2, 0.25) is 0 Å². The zero-order chi connectivity index (χ0) is 7.61. The molecule has 1 aliphatic rings. The maximum atomic E-state index is 4.44. The predicted octanol–water partition coefficient (Wildman–Crippen LogP) is 2.85. The summed E-state index contributed by atoms with van der Waals surface area (Å²) in [6, 6.07) is 0. The minimum Gasteiger partial charge on any atom is -0.161 e. The summed E-state index contributed by atoms with van der Waals surface area (Å²) >= 11 is 10.9. The molecule has 0 bridgehead atoms. The molecule has 0 amide bonds. The van der Waals surface area contributed by atoms with Gasteiger partial charge in [-0.1, -0.05) is 6.42 Å². The van der Waals surface area contributed by atoms with Gasteiger partial charge in [-0.2, -0.15) is 37.0 Å². The Morgan fingerprint density at radius 1 is 1.40 bits per heavy atom. The quantitative estimate of drug-likeness (QED) is 0.478. The summed E-state index contributed by atoms with van der Waals surface area (Å²) in [7, 11) is 0. The Kier molecular flexibility index (Phi) is 3.32. The van der Waals surface area contributed by atoms with Crippen molar-refractivity contribution in [3.8, 4) is 0 Å². The molecule has 0 aromatic heterocycles. The van der Waals surface area contributed by atoms with Crippen LogP contribution in [0.3, 0.4) is 0 Å². The summed E-state index contributed by atoms with van der Waals surface area (Å²) < 4.78 is -0.0783. The van der Waals surface area contributed by atoms with Crippen LogP contribution in [0, 0.1) is 0 Å². The van der Waals surface area contributed by atoms with Crippen molar-refractivity contribution in [3.63, 3.8) is 0 Å². The molecule has 0 aromatic carbocycles. The lowest BCUT2D eigenvalue weighted by Crippen LogP contribution is -2.27. The van der Waals surface area contributed by atoms with Crippen LogP contribution in [0.5, 0.6) is 0 Å². The molecule has 1 fully saturated rings. The second kappa shape index (κ2) is 3.63. The van der Waals surface area contributed by atoms with Gasteiger partial charge in [0.2, 0.25) is 0 Å². The van der Waals surface area contributed by atoms with Crippen molar-refractivity contribution >= 4 is 37.0 Å². The van der Waals surface area contributed by atoms with Gasteiger partial charge in [-0.15, -0.1) is 0 Å². The van der Waals surface area contributed by atoms with Crippen molar-refractivity contribution in [1.82, 2.24) is 0 Å². The average molecular weight is 194 g/mol. The van der Waals surface area contributed by atoms with E-state index in [1.54, 1.807) is 0 Å². The molecule has 0 N–H and O–H groups in total. The van der Waals surface area contributed by atoms with E-state index >= 15 is 0 Å². The maximum Gasteiger partial charge on any atom is 0.0641 e. The largest absolute Gasteiger partial charge is 0.161 e. The van der Waals surface area contributed by atoms with Gasteiger partial charge in [-0.3, -0.25) is 0 Å². The molecule has 60 valence electrons. The smallest absolute Gasteiger partial charge is 0.0641 e. The van der Waals surface area contributed by atoms with Gasteiger partial charge >= 0.3 is 0 Å². The SMILES string of the molecule is CC(S)(S)C1CCCCS1. The Hall–Kier alpha value is 1.05. The van der Waals surface area contributed by atoms with Crippen molar-refractivity contribution in [1.29, 1.82) is 0 Å². The minimum atomic E-state index is -0.0783. The molecule has 0 spiro atoms. The molecule has 0 radical (unpaired) electrons. The number of rotatable bonds is 1. The summed E-state index contributed by atoms with van der Waals surface area (Å²) in [6.45, 7) is 2.09. The number of hydrogen-bond acceptors (Lipinski definition) is 3. The van der Waals surface area contributed by atoms with Crippen LogP contribution in [0.25, 0.3) is 0 Å². The van der Waals surface area contributed by atoms with E-state index in [1.807, 2.05) is 11.8 Å². The Morgan fingerprint density at radius 3 is 2.40 bits per heavy atom. The monoisotopic (exact) mass is 194 g/mol. The lowest BCUT2D eigenvalue weighted by Gasteiger charge is -2.31. The third-order valence-electron chi connectivity index (χ3n) is 1.79. The standard InChI is InChI=1S/C7H14S3/c1-7(8,9)6-4-2-3-5-10-6/h6,8-9H,2-5H2,1H3. The molecule has 1 rings (SSSR count). The lowest BCUT2D eigenvalue weighted by molar-refractivity contribution is 0.644. The van der Waals surface area contributed by atoms with Gasteiger partial charge in [-0.05, 0) is 25.5 Å². The van der Waals surface area contributed by atoms with Gasteiger partial charge in [0.1, 0.15) is 0 Å². The zero-order valence-corrected chi connectivity index (χ0v) is 8.81. The van der Waals surface area contributed by atoms with E-state index in [0.717, 1.165) is 0 Å². The molecule has 0 aromatic rings. The summed E-state index contributed by atoms with van der Waals surface area (Å²) in [4.78, 5) is 0. The van der Waals surface area contributed by atoms with Crippen molar-refractivity contribution in [2.24, 2.45) is 0 Å². The Morgan fingerprint density at radius 2 is 2.10 bits per heavy atom. The second-order valence-electron chi connectivity index (χ2n) is 2.95. The van der Waals surface area contributed by atoms with E-state index < -0.39 is 0 Å². The molecule has 0 saturated carbocycles. The third kappa shape index (κ3) is 2.59. The highest BCUT2D eigenvalue weighted by Crippen LogP contribution is 2.38. The Labute approximate surface area is 78.4 Å². The van der Waals surface area contributed by atoms with Crippen molar-refractivity contribution in [2.45, 2.75) is 35.5 Å². The Bertz CT molecular complexity index is 99.9. The average Bonchev–Trinajstić information content (AvgIpc) is 1.88. The van der Waals surface area contributed by atoms with Gasteiger partial charge in [0.25, 0.3) is 0 Å². The molecule has 10 heavy (non-hydrogen) atoms.